The Bertz CT molecular complexity index is 844. The first-order valence-electron chi connectivity index (χ1n) is 7.65. The van der Waals surface area contributed by atoms with Gasteiger partial charge in [-0.2, -0.15) is 5.10 Å². The lowest BCUT2D eigenvalue weighted by Gasteiger charge is -2.21. The molecule has 0 aliphatic carbocycles. The number of hydrogen-bond donors (Lipinski definition) is 1. The molecule has 0 spiro atoms. The number of nitrogens with zero attached hydrogens (tertiary/aromatic N) is 6. The fourth-order valence-corrected chi connectivity index (χ4v) is 3.47. The minimum Gasteiger partial charge on any atom is -0.350 e. The highest BCUT2D eigenvalue weighted by Crippen LogP contribution is 2.21. The van der Waals surface area contributed by atoms with Crippen LogP contribution in [0.4, 0.5) is 0 Å². The first-order valence-corrected chi connectivity index (χ1v) is 8.53. The number of thiazole rings is 1. The van der Waals surface area contributed by atoms with E-state index in [9.17, 15) is 4.79 Å². The Morgan fingerprint density at radius 1 is 1.38 bits per heavy atom. The number of rotatable bonds is 4. The Balaban J connectivity index is 1.36. The van der Waals surface area contributed by atoms with Crippen molar-refractivity contribution in [1.82, 2.24) is 35.0 Å². The molecule has 9 heteroatoms. The molecular formula is C15H15N7OS. The molecule has 0 saturated carbocycles. The van der Waals surface area contributed by atoms with E-state index < -0.39 is 0 Å². The van der Waals surface area contributed by atoms with Gasteiger partial charge in [-0.05, 0) is 6.42 Å². The smallest absolute Gasteiger partial charge is 0.225 e. The molecule has 0 fully saturated rings. The van der Waals surface area contributed by atoms with Crippen molar-refractivity contribution in [2.24, 2.45) is 5.92 Å². The molecule has 4 heterocycles. The van der Waals surface area contributed by atoms with Gasteiger partial charge in [-0.1, -0.05) is 0 Å². The number of aromatic nitrogens is 6. The number of carbonyl (C=O) groups is 1. The second-order valence-corrected chi connectivity index (χ2v) is 6.40. The minimum absolute atomic E-state index is 0.0326. The van der Waals surface area contributed by atoms with Crippen LogP contribution in [0, 0.1) is 5.92 Å². The van der Waals surface area contributed by atoms with Gasteiger partial charge in [-0.25, -0.2) is 14.6 Å². The van der Waals surface area contributed by atoms with Crippen LogP contribution in [0.15, 0.2) is 30.3 Å². The molecule has 24 heavy (non-hydrogen) atoms. The number of carbonyl (C=O) groups excluding carboxylic acids is 1. The maximum atomic E-state index is 12.4. The van der Waals surface area contributed by atoms with Crippen molar-refractivity contribution in [3.63, 3.8) is 0 Å². The summed E-state index contributed by atoms with van der Waals surface area (Å²) in [7, 11) is 0. The van der Waals surface area contributed by atoms with Gasteiger partial charge in [0.15, 0.2) is 0 Å². The number of hydrogen-bond acceptors (Lipinski definition) is 7. The number of nitrogens with one attached hydrogen (secondary N) is 1. The van der Waals surface area contributed by atoms with E-state index in [0.29, 0.717) is 13.1 Å². The molecule has 1 atom stereocenters. The summed E-state index contributed by atoms with van der Waals surface area (Å²) in [6.45, 7) is 0.999. The summed E-state index contributed by atoms with van der Waals surface area (Å²) in [4.78, 5) is 29.3. The third-order valence-electron chi connectivity index (χ3n) is 3.95. The molecule has 1 amide bonds. The van der Waals surface area contributed by atoms with Gasteiger partial charge in [0.1, 0.15) is 22.9 Å². The topological polar surface area (TPSA) is 98.5 Å². The van der Waals surface area contributed by atoms with Crippen molar-refractivity contribution >= 4 is 17.2 Å². The number of amides is 1. The van der Waals surface area contributed by atoms with Crippen molar-refractivity contribution in [1.29, 1.82) is 0 Å². The number of aryl methyl sites for hydroxylation is 1. The zero-order valence-electron chi connectivity index (χ0n) is 12.8. The van der Waals surface area contributed by atoms with Crippen molar-refractivity contribution in [3.05, 3.63) is 41.8 Å². The fourth-order valence-electron chi connectivity index (χ4n) is 2.69. The lowest BCUT2D eigenvalue weighted by molar-refractivity contribution is -0.126. The van der Waals surface area contributed by atoms with Crippen LogP contribution in [-0.4, -0.2) is 35.6 Å². The van der Waals surface area contributed by atoms with Crippen LogP contribution in [0.5, 0.6) is 0 Å². The van der Waals surface area contributed by atoms with E-state index >= 15 is 0 Å². The van der Waals surface area contributed by atoms with Crippen LogP contribution < -0.4 is 5.32 Å². The average Bonchev–Trinajstić information content (AvgIpc) is 3.29. The zero-order chi connectivity index (χ0) is 16.4. The van der Waals surface area contributed by atoms with Crippen LogP contribution >= 0.6 is 11.3 Å². The van der Waals surface area contributed by atoms with E-state index in [1.165, 1.54) is 11.3 Å². The normalized spacial score (nSPS) is 16.6. The fraction of sp³-hybridized carbons (Fsp3) is 0.333. The van der Waals surface area contributed by atoms with Gasteiger partial charge in [0.05, 0.1) is 30.9 Å². The van der Waals surface area contributed by atoms with Crippen LogP contribution in [0.3, 0.4) is 0 Å². The molecule has 1 N–H and O–H groups in total. The molecule has 1 unspecified atom stereocenters. The zero-order valence-corrected chi connectivity index (χ0v) is 13.6. The predicted molar refractivity (Wildman–Crippen MR) is 86.8 cm³/mol. The Labute approximate surface area is 142 Å². The van der Waals surface area contributed by atoms with E-state index in [1.54, 1.807) is 24.9 Å². The molecule has 3 aromatic heterocycles. The summed E-state index contributed by atoms with van der Waals surface area (Å²) in [6, 6.07) is 0. The first-order chi connectivity index (χ1) is 11.8. The van der Waals surface area contributed by atoms with Crippen LogP contribution in [0.25, 0.3) is 10.7 Å². The van der Waals surface area contributed by atoms with Crippen LogP contribution in [0.2, 0.25) is 0 Å². The molecule has 122 valence electrons. The lowest BCUT2D eigenvalue weighted by atomic mass is 9.99. The Kier molecular flexibility index (Phi) is 3.99. The molecule has 8 nitrogen and oxygen atoms in total. The van der Waals surface area contributed by atoms with E-state index in [0.717, 1.165) is 35.1 Å². The molecule has 0 bridgehead atoms. The standard InChI is InChI=1S/C15H15N7OS/c23-14(10-1-2-13-19-9-20-22(13)7-10)18-5-11-8-24-15(21-11)12-6-16-3-4-17-12/h3-4,6,8-10H,1-2,5,7H2,(H,18,23). The highest BCUT2D eigenvalue weighted by molar-refractivity contribution is 7.13. The predicted octanol–water partition coefficient (Wildman–Crippen LogP) is 1.07. The van der Waals surface area contributed by atoms with Crippen LogP contribution in [-0.2, 0) is 24.3 Å². The van der Waals surface area contributed by atoms with Gasteiger partial charge in [0, 0.05) is 24.2 Å². The molecule has 3 aromatic rings. The lowest BCUT2D eigenvalue weighted by Crippen LogP contribution is -2.36. The monoisotopic (exact) mass is 341 g/mol. The van der Waals surface area contributed by atoms with Gasteiger partial charge < -0.3 is 5.32 Å². The highest BCUT2D eigenvalue weighted by Gasteiger charge is 2.25. The molecule has 1 aliphatic heterocycles. The van der Waals surface area contributed by atoms with Gasteiger partial charge in [-0.15, -0.1) is 11.3 Å². The van der Waals surface area contributed by atoms with Crippen molar-refractivity contribution in [3.8, 4) is 10.7 Å². The van der Waals surface area contributed by atoms with Gasteiger partial charge >= 0.3 is 0 Å². The first kappa shape index (κ1) is 14.9. The van der Waals surface area contributed by atoms with Crippen molar-refractivity contribution in [2.75, 3.05) is 0 Å². The molecule has 1 aliphatic rings. The molecule has 0 radical (unpaired) electrons. The Morgan fingerprint density at radius 2 is 2.33 bits per heavy atom. The minimum atomic E-state index is -0.0719. The summed E-state index contributed by atoms with van der Waals surface area (Å²) in [6.07, 6.45) is 8.07. The maximum absolute atomic E-state index is 12.4. The third kappa shape index (κ3) is 3.02. The van der Waals surface area contributed by atoms with Crippen LogP contribution in [0.1, 0.15) is 17.9 Å². The largest absolute Gasteiger partial charge is 0.350 e. The quantitative estimate of drug-likeness (QED) is 0.762. The summed E-state index contributed by atoms with van der Waals surface area (Å²) in [5.74, 6) is 0.912. The van der Waals surface area contributed by atoms with Gasteiger partial charge in [0.2, 0.25) is 5.91 Å². The average molecular weight is 341 g/mol. The molecular weight excluding hydrogens is 326 g/mol. The highest BCUT2D eigenvalue weighted by atomic mass is 32.1. The van der Waals surface area contributed by atoms with E-state index in [4.69, 9.17) is 0 Å². The summed E-state index contributed by atoms with van der Waals surface area (Å²) < 4.78 is 1.81. The maximum Gasteiger partial charge on any atom is 0.225 e. The van der Waals surface area contributed by atoms with Gasteiger partial charge in [0.25, 0.3) is 0 Å². The Morgan fingerprint density at radius 3 is 3.21 bits per heavy atom. The molecule has 0 saturated heterocycles. The second-order valence-electron chi connectivity index (χ2n) is 5.55. The summed E-state index contributed by atoms with van der Waals surface area (Å²) >= 11 is 1.49. The van der Waals surface area contributed by atoms with E-state index in [1.807, 2.05) is 10.1 Å². The van der Waals surface area contributed by atoms with E-state index in [-0.39, 0.29) is 11.8 Å². The molecule has 4 rings (SSSR count). The SMILES string of the molecule is O=C(NCc1csc(-c2cnccn2)n1)C1CCc2ncnn2C1. The van der Waals surface area contributed by atoms with Crippen molar-refractivity contribution < 1.29 is 4.79 Å². The molecule has 0 aromatic carbocycles. The number of fused-ring (bicyclic) bond motifs is 1. The van der Waals surface area contributed by atoms with E-state index in [2.05, 4.69) is 30.4 Å². The third-order valence-corrected chi connectivity index (χ3v) is 4.87. The second kappa shape index (κ2) is 6.44. The Hall–Kier alpha value is -2.68. The summed E-state index contributed by atoms with van der Waals surface area (Å²) in [5, 5.41) is 9.85. The van der Waals surface area contributed by atoms with Gasteiger partial charge in [-0.3, -0.25) is 14.8 Å². The van der Waals surface area contributed by atoms with Crippen molar-refractivity contribution in [2.45, 2.75) is 25.9 Å². The summed E-state index contributed by atoms with van der Waals surface area (Å²) in [5.41, 5.74) is 1.57.